The standard InChI is InChI=1S/C24H33BrFN5O5/c1-14(2)21(30-22(34)15-5-7-17(25)8-6-15)23(35)31-13-36-12-18(31)19(32)10-16(20(33)11-26)4-3-9-29-24(27)28/h5-8,14,16,18,21H,3-4,9-13H2,1-2H3,(H,30,34)(H4,27,28,29)/t16-,18+,21+/m1/s1. The van der Waals surface area contributed by atoms with Crippen LogP contribution >= 0.6 is 15.9 Å². The number of guanidine groups is 1. The third kappa shape index (κ3) is 8.37. The normalized spacial score (nSPS) is 16.9. The summed E-state index contributed by atoms with van der Waals surface area (Å²) in [5, 5.41) is 2.75. The number of rotatable bonds is 13. The second-order valence-corrected chi connectivity index (χ2v) is 9.86. The molecule has 0 bridgehead atoms. The Morgan fingerprint density at radius 3 is 2.47 bits per heavy atom. The average Bonchev–Trinajstić information content (AvgIpc) is 3.33. The fourth-order valence-corrected chi connectivity index (χ4v) is 4.12. The van der Waals surface area contributed by atoms with Gasteiger partial charge >= 0.3 is 0 Å². The van der Waals surface area contributed by atoms with Gasteiger partial charge < -0.3 is 26.4 Å². The van der Waals surface area contributed by atoms with Gasteiger partial charge in [-0.1, -0.05) is 29.8 Å². The third-order valence-corrected chi connectivity index (χ3v) is 6.43. The summed E-state index contributed by atoms with van der Waals surface area (Å²) in [4.78, 5) is 56.4. The van der Waals surface area contributed by atoms with Crippen LogP contribution in [-0.2, 0) is 19.1 Å². The van der Waals surface area contributed by atoms with Crippen molar-refractivity contribution in [3.8, 4) is 0 Å². The number of aliphatic imine (C=N–C) groups is 1. The van der Waals surface area contributed by atoms with Gasteiger partial charge in [0.15, 0.2) is 17.5 Å². The maximum Gasteiger partial charge on any atom is 0.251 e. The molecule has 0 radical (unpaired) electrons. The highest BCUT2D eigenvalue weighted by Crippen LogP contribution is 2.21. The minimum Gasteiger partial charge on any atom is -0.370 e. The van der Waals surface area contributed by atoms with E-state index in [2.05, 4.69) is 26.2 Å². The molecular weight excluding hydrogens is 537 g/mol. The molecule has 0 aromatic heterocycles. The van der Waals surface area contributed by atoms with Crippen LogP contribution in [0, 0.1) is 11.8 Å². The van der Waals surface area contributed by atoms with Crippen molar-refractivity contribution in [2.45, 2.75) is 45.2 Å². The van der Waals surface area contributed by atoms with Crippen LogP contribution in [0.1, 0.15) is 43.5 Å². The molecule has 5 N–H and O–H groups in total. The molecule has 1 aromatic carbocycles. The highest BCUT2D eigenvalue weighted by molar-refractivity contribution is 9.10. The number of ether oxygens (including phenoxy) is 1. The lowest BCUT2D eigenvalue weighted by atomic mass is 9.90. The van der Waals surface area contributed by atoms with Crippen molar-refractivity contribution in [3.05, 3.63) is 34.3 Å². The molecule has 10 nitrogen and oxygen atoms in total. The van der Waals surface area contributed by atoms with Crippen molar-refractivity contribution < 1.29 is 28.3 Å². The van der Waals surface area contributed by atoms with Crippen LogP contribution in [-0.4, -0.2) is 72.9 Å². The maximum absolute atomic E-state index is 13.4. The van der Waals surface area contributed by atoms with Crippen molar-refractivity contribution in [1.29, 1.82) is 0 Å². The highest BCUT2D eigenvalue weighted by Gasteiger charge is 2.40. The van der Waals surface area contributed by atoms with Gasteiger partial charge in [0.1, 0.15) is 25.5 Å². The lowest BCUT2D eigenvalue weighted by Crippen LogP contribution is -2.54. The molecule has 1 fully saturated rings. The van der Waals surface area contributed by atoms with Gasteiger partial charge in [-0.2, -0.15) is 0 Å². The number of carbonyl (C=O) groups excluding carboxylic acids is 4. The van der Waals surface area contributed by atoms with E-state index in [1.54, 1.807) is 38.1 Å². The quantitative estimate of drug-likeness (QED) is 0.185. The first-order valence-corrected chi connectivity index (χ1v) is 12.5. The Bertz CT molecular complexity index is 968. The number of alkyl halides is 1. The van der Waals surface area contributed by atoms with Crippen molar-refractivity contribution >= 4 is 45.3 Å². The SMILES string of the molecule is CC(C)[C@H](NC(=O)c1ccc(Br)cc1)C(=O)N1COC[C@H]1C(=O)C[C@@H](CCCN=C(N)N)C(=O)CF. The Balaban J connectivity index is 2.09. The number of nitrogens with one attached hydrogen (secondary N) is 1. The number of hydrogen-bond donors (Lipinski definition) is 3. The number of carbonyl (C=O) groups is 4. The van der Waals surface area contributed by atoms with Gasteiger partial charge in [-0.15, -0.1) is 0 Å². The van der Waals surface area contributed by atoms with Crippen molar-refractivity contribution in [2.24, 2.45) is 28.3 Å². The molecule has 1 saturated heterocycles. The van der Waals surface area contributed by atoms with Gasteiger partial charge in [0.05, 0.1) is 6.61 Å². The molecule has 0 unspecified atom stereocenters. The first kappa shape index (κ1) is 29.4. The second-order valence-electron chi connectivity index (χ2n) is 8.94. The minimum atomic E-state index is -1.19. The molecule has 2 rings (SSSR count). The number of nitrogens with zero attached hydrogens (tertiary/aromatic N) is 2. The van der Waals surface area contributed by atoms with Crippen molar-refractivity contribution in [2.75, 3.05) is 26.6 Å². The number of Topliss-reactive ketones (excluding diaryl/α,β-unsaturated/α-hetero) is 2. The Labute approximate surface area is 218 Å². The average molecular weight is 570 g/mol. The lowest BCUT2D eigenvalue weighted by molar-refractivity contribution is -0.141. The topological polar surface area (TPSA) is 157 Å². The molecule has 12 heteroatoms. The molecule has 1 heterocycles. The monoisotopic (exact) mass is 569 g/mol. The molecule has 0 aliphatic carbocycles. The predicted molar refractivity (Wildman–Crippen MR) is 136 cm³/mol. The molecular formula is C24H33BrFN5O5. The Morgan fingerprint density at radius 2 is 1.89 bits per heavy atom. The summed E-state index contributed by atoms with van der Waals surface area (Å²) >= 11 is 3.31. The molecule has 1 aromatic rings. The molecule has 198 valence electrons. The maximum atomic E-state index is 13.4. The fourth-order valence-electron chi connectivity index (χ4n) is 3.86. The van der Waals surface area contributed by atoms with E-state index in [1.807, 2.05) is 0 Å². The van der Waals surface area contributed by atoms with Crippen LogP contribution in [0.4, 0.5) is 4.39 Å². The minimum absolute atomic E-state index is 0.0411. The number of halogens is 2. The summed E-state index contributed by atoms with van der Waals surface area (Å²) in [7, 11) is 0. The van der Waals surface area contributed by atoms with E-state index in [4.69, 9.17) is 16.2 Å². The van der Waals surface area contributed by atoms with E-state index in [1.165, 1.54) is 4.90 Å². The largest absolute Gasteiger partial charge is 0.370 e. The van der Waals surface area contributed by atoms with Gasteiger partial charge in [0.2, 0.25) is 5.91 Å². The highest BCUT2D eigenvalue weighted by atomic mass is 79.9. The predicted octanol–water partition coefficient (Wildman–Crippen LogP) is 1.56. The van der Waals surface area contributed by atoms with Crippen LogP contribution in [0.2, 0.25) is 0 Å². The van der Waals surface area contributed by atoms with Gasteiger partial charge in [-0.05, 0) is 43.0 Å². The van der Waals surface area contributed by atoms with E-state index in [9.17, 15) is 23.6 Å². The van der Waals surface area contributed by atoms with E-state index < -0.39 is 48.1 Å². The summed E-state index contributed by atoms with van der Waals surface area (Å²) in [6.45, 7) is 2.45. The first-order chi connectivity index (χ1) is 17.0. The molecule has 3 atom stereocenters. The molecule has 2 amide bonds. The van der Waals surface area contributed by atoms with Crippen LogP contribution in [0.5, 0.6) is 0 Å². The number of hydrogen-bond acceptors (Lipinski definition) is 6. The van der Waals surface area contributed by atoms with Gasteiger partial charge in [-0.3, -0.25) is 24.2 Å². The molecule has 0 saturated carbocycles. The summed E-state index contributed by atoms with van der Waals surface area (Å²) in [6.07, 6.45) is 0.382. The lowest BCUT2D eigenvalue weighted by Gasteiger charge is -2.29. The number of ketones is 2. The summed E-state index contributed by atoms with van der Waals surface area (Å²) in [6, 6.07) is 4.86. The molecule has 0 spiro atoms. The molecule has 1 aliphatic rings. The zero-order valence-corrected chi connectivity index (χ0v) is 22.0. The Kier molecular flexibility index (Phi) is 11.4. The number of nitrogens with two attached hydrogens (primary N) is 2. The third-order valence-electron chi connectivity index (χ3n) is 5.90. The molecule has 1 aliphatic heterocycles. The van der Waals surface area contributed by atoms with Crippen LogP contribution in [0.3, 0.4) is 0 Å². The second kappa shape index (κ2) is 14.0. The van der Waals surface area contributed by atoms with Gasteiger partial charge in [-0.25, -0.2) is 4.39 Å². The molecule has 36 heavy (non-hydrogen) atoms. The van der Waals surface area contributed by atoms with E-state index >= 15 is 0 Å². The summed E-state index contributed by atoms with van der Waals surface area (Å²) in [5.41, 5.74) is 11.0. The zero-order chi connectivity index (χ0) is 26.8. The van der Waals surface area contributed by atoms with E-state index in [0.717, 1.165) is 4.47 Å². The van der Waals surface area contributed by atoms with E-state index in [0.29, 0.717) is 12.0 Å². The Hall–Kier alpha value is -2.86. The number of benzene rings is 1. The first-order valence-electron chi connectivity index (χ1n) is 11.7. The summed E-state index contributed by atoms with van der Waals surface area (Å²) < 4.78 is 19.3. The van der Waals surface area contributed by atoms with E-state index in [-0.39, 0.29) is 44.6 Å². The zero-order valence-electron chi connectivity index (χ0n) is 20.4. The fraction of sp³-hybridized carbons (Fsp3) is 0.542. The van der Waals surface area contributed by atoms with Gasteiger partial charge in [0, 0.05) is 28.9 Å². The Morgan fingerprint density at radius 1 is 1.22 bits per heavy atom. The smallest absolute Gasteiger partial charge is 0.251 e. The van der Waals surface area contributed by atoms with Crippen LogP contribution < -0.4 is 16.8 Å². The van der Waals surface area contributed by atoms with Gasteiger partial charge in [0.25, 0.3) is 5.91 Å². The summed E-state index contributed by atoms with van der Waals surface area (Å²) in [5.74, 6) is -3.21. The number of amides is 2. The van der Waals surface area contributed by atoms with Crippen LogP contribution in [0.25, 0.3) is 0 Å². The van der Waals surface area contributed by atoms with Crippen molar-refractivity contribution in [1.82, 2.24) is 10.2 Å². The van der Waals surface area contributed by atoms with Crippen LogP contribution in [0.15, 0.2) is 33.7 Å². The van der Waals surface area contributed by atoms with Crippen molar-refractivity contribution in [3.63, 3.8) is 0 Å².